The molecule has 3 unspecified atom stereocenters. The van der Waals surface area contributed by atoms with Gasteiger partial charge in [-0.3, -0.25) is 9.59 Å². The van der Waals surface area contributed by atoms with E-state index in [0.717, 1.165) is 36.8 Å². The first-order valence-corrected chi connectivity index (χ1v) is 11.7. The van der Waals surface area contributed by atoms with E-state index in [4.69, 9.17) is 0 Å². The molecule has 7 heteroatoms. The van der Waals surface area contributed by atoms with E-state index in [2.05, 4.69) is 21.5 Å². The molecule has 0 radical (unpaired) electrons. The number of benzene rings is 2. The molecule has 2 aromatic carbocycles. The van der Waals surface area contributed by atoms with Crippen molar-refractivity contribution in [3.8, 4) is 0 Å². The summed E-state index contributed by atoms with van der Waals surface area (Å²) in [6.45, 7) is 1.07. The van der Waals surface area contributed by atoms with Crippen LogP contribution in [0, 0.1) is 5.92 Å². The summed E-state index contributed by atoms with van der Waals surface area (Å²) in [7, 11) is 0. The Labute approximate surface area is 193 Å². The van der Waals surface area contributed by atoms with Gasteiger partial charge in [0, 0.05) is 18.2 Å². The van der Waals surface area contributed by atoms with Crippen LogP contribution in [0.1, 0.15) is 53.6 Å². The van der Waals surface area contributed by atoms with Crippen molar-refractivity contribution in [2.24, 2.45) is 5.92 Å². The lowest BCUT2D eigenvalue weighted by Crippen LogP contribution is -2.49. The normalized spacial score (nSPS) is 22.1. The molecule has 1 aliphatic carbocycles. The predicted molar refractivity (Wildman–Crippen MR) is 124 cm³/mol. The molecule has 2 fully saturated rings. The lowest BCUT2D eigenvalue weighted by atomic mass is 9.84. The van der Waals surface area contributed by atoms with Crippen molar-refractivity contribution in [3.63, 3.8) is 0 Å². The minimum atomic E-state index is -0.413. The lowest BCUT2D eigenvalue weighted by molar-refractivity contribution is -0.125. The predicted octanol–water partition coefficient (Wildman–Crippen LogP) is 3.42. The Bertz CT molecular complexity index is 1100. The maximum atomic E-state index is 13.4. The highest BCUT2D eigenvalue weighted by Crippen LogP contribution is 2.40. The molecule has 1 N–H and O–H groups in total. The Morgan fingerprint density at radius 2 is 1.82 bits per heavy atom. The van der Waals surface area contributed by atoms with Crippen molar-refractivity contribution in [2.45, 2.75) is 57.3 Å². The molecule has 2 amide bonds. The summed E-state index contributed by atoms with van der Waals surface area (Å²) >= 11 is 0. The van der Waals surface area contributed by atoms with Gasteiger partial charge < -0.3 is 10.2 Å². The van der Waals surface area contributed by atoms with Crippen LogP contribution in [0.2, 0.25) is 0 Å². The van der Waals surface area contributed by atoms with Crippen molar-refractivity contribution in [1.82, 2.24) is 25.0 Å². The number of fused-ring (bicyclic) bond motifs is 1. The highest BCUT2D eigenvalue weighted by atomic mass is 16.2. The summed E-state index contributed by atoms with van der Waals surface area (Å²) in [5.74, 6) is 0.323. The third-order valence-corrected chi connectivity index (χ3v) is 6.92. The molecule has 0 bridgehead atoms. The maximum Gasteiger partial charge on any atom is 0.254 e. The Hall–Kier alpha value is -3.48. The Balaban J connectivity index is 1.29. The van der Waals surface area contributed by atoms with Gasteiger partial charge in [0.25, 0.3) is 5.91 Å². The SMILES string of the molecule is O=C(NCc1cccc(Cn2cncn2)c1)C1CC2CCCCC2N1C(=O)c1ccccc1. The number of likely N-dealkylation sites (tertiary alicyclic amines) is 1. The summed E-state index contributed by atoms with van der Waals surface area (Å²) in [5.41, 5.74) is 2.78. The third-order valence-electron chi connectivity index (χ3n) is 6.92. The quantitative estimate of drug-likeness (QED) is 0.633. The standard InChI is InChI=1S/C26H29N5O2/c32-25(28-15-19-7-6-8-20(13-19)16-30-18-27-17-29-30)24-14-22-11-4-5-12-23(22)31(24)26(33)21-9-2-1-3-10-21/h1-3,6-10,13,17-18,22-24H,4-5,11-12,14-16H2,(H,28,32). The fourth-order valence-electron chi connectivity index (χ4n) is 5.36. The number of amides is 2. The van der Waals surface area contributed by atoms with Gasteiger partial charge in [0.2, 0.25) is 5.91 Å². The first-order valence-electron chi connectivity index (χ1n) is 11.7. The van der Waals surface area contributed by atoms with Crippen LogP contribution in [0.15, 0.2) is 67.3 Å². The molecular weight excluding hydrogens is 414 g/mol. The summed E-state index contributed by atoms with van der Waals surface area (Å²) < 4.78 is 1.77. The molecule has 33 heavy (non-hydrogen) atoms. The van der Waals surface area contributed by atoms with Crippen molar-refractivity contribution in [2.75, 3.05) is 0 Å². The molecular formula is C26H29N5O2. The number of carbonyl (C=O) groups excluding carboxylic acids is 2. The van der Waals surface area contributed by atoms with E-state index in [1.807, 2.05) is 53.4 Å². The number of aromatic nitrogens is 3. The van der Waals surface area contributed by atoms with Crippen LogP contribution in [0.25, 0.3) is 0 Å². The highest BCUT2D eigenvalue weighted by Gasteiger charge is 2.47. The zero-order valence-electron chi connectivity index (χ0n) is 18.6. The molecule has 170 valence electrons. The molecule has 1 aromatic heterocycles. The van der Waals surface area contributed by atoms with Crippen LogP contribution in [0.5, 0.6) is 0 Å². The molecule has 2 heterocycles. The van der Waals surface area contributed by atoms with Gasteiger partial charge >= 0.3 is 0 Å². The fraction of sp³-hybridized carbons (Fsp3) is 0.385. The van der Waals surface area contributed by atoms with Gasteiger partial charge in [-0.05, 0) is 48.4 Å². The van der Waals surface area contributed by atoms with E-state index >= 15 is 0 Å². The Morgan fingerprint density at radius 1 is 1.00 bits per heavy atom. The molecule has 0 spiro atoms. The van der Waals surface area contributed by atoms with Gasteiger partial charge in [-0.1, -0.05) is 55.3 Å². The van der Waals surface area contributed by atoms with Gasteiger partial charge in [-0.2, -0.15) is 5.10 Å². The molecule has 1 saturated heterocycles. The number of rotatable bonds is 6. The topological polar surface area (TPSA) is 80.1 Å². The van der Waals surface area contributed by atoms with E-state index in [0.29, 0.717) is 24.6 Å². The van der Waals surface area contributed by atoms with Crippen LogP contribution < -0.4 is 5.32 Å². The Morgan fingerprint density at radius 3 is 2.64 bits per heavy atom. The van der Waals surface area contributed by atoms with Gasteiger partial charge in [0.05, 0.1) is 6.54 Å². The molecule has 1 saturated carbocycles. The van der Waals surface area contributed by atoms with Crippen molar-refractivity contribution in [3.05, 3.63) is 83.9 Å². The van der Waals surface area contributed by atoms with E-state index in [1.54, 1.807) is 11.0 Å². The van der Waals surface area contributed by atoms with Crippen molar-refractivity contribution in [1.29, 1.82) is 0 Å². The minimum Gasteiger partial charge on any atom is -0.350 e. The van der Waals surface area contributed by atoms with Crippen molar-refractivity contribution < 1.29 is 9.59 Å². The van der Waals surface area contributed by atoms with E-state index in [9.17, 15) is 9.59 Å². The van der Waals surface area contributed by atoms with Gasteiger partial charge in [0.1, 0.15) is 18.7 Å². The average molecular weight is 444 g/mol. The Kier molecular flexibility index (Phi) is 6.19. The molecule has 3 aromatic rings. The summed E-state index contributed by atoms with van der Waals surface area (Å²) in [4.78, 5) is 32.6. The van der Waals surface area contributed by atoms with Crippen LogP contribution in [0.4, 0.5) is 0 Å². The average Bonchev–Trinajstić information content (AvgIpc) is 3.51. The largest absolute Gasteiger partial charge is 0.350 e. The van der Waals surface area contributed by atoms with Crippen LogP contribution in [-0.2, 0) is 17.9 Å². The molecule has 1 aliphatic heterocycles. The number of carbonyl (C=O) groups is 2. The number of nitrogens with one attached hydrogen (secondary N) is 1. The van der Waals surface area contributed by atoms with Crippen molar-refractivity contribution >= 4 is 11.8 Å². The van der Waals surface area contributed by atoms with Crippen LogP contribution in [0.3, 0.4) is 0 Å². The lowest BCUT2D eigenvalue weighted by Gasteiger charge is -2.33. The highest BCUT2D eigenvalue weighted by molar-refractivity contribution is 5.98. The molecule has 7 nitrogen and oxygen atoms in total. The van der Waals surface area contributed by atoms with E-state index in [-0.39, 0.29) is 17.9 Å². The number of hydrogen-bond acceptors (Lipinski definition) is 4. The summed E-state index contributed by atoms with van der Waals surface area (Å²) in [5, 5.41) is 7.26. The number of hydrogen-bond donors (Lipinski definition) is 1. The van der Waals surface area contributed by atoms with Gasteiger partial charge in [-0.25, -0.2) is 9.67 Å². The van der Waals surface area contributed by atoms with Gasteiger partial charge in [0.15, 0.2) is 0 Å². The second-order valence-electron chi connectivity index (χ2n) is 9.07. The molecule has 3 atom stereocenters. The summed E-state index contributed by atoms with van der Waals surface area (Å²) in [6.07, 6.45) is 8.34. The van der Waals surface area contributed by atoms with Gasteiger partial charge in [-0.15, -0.1) is 0 Å². The van der Waals surface area contributed by atoms with E-state index < -0.39 is 6.04 Å². The van der Waals surface area contributed by atoms with Crippen LogP contribution >= 0.6 is 0 Å². The monoisotopic (exact) mass is 443 g/mol. The first kappa shape index (κ1) is 21.4. The van der Waals surface area contributed by atoms with Crippen LogP contribution in [-0.4, -0.2) is 43.6 Å². The second kappa shape index (κ2) is 9.57. The first-order chi connectivity index (χ1) is 16.2. The maximum absolute atomic E-state index is 13.4. The molecule has 5 rings (SSSR count). The molecule has 2 aliphatic rings. The minimum absolute atomic E-state index is 0.0278. The smallest absolute Gasteiger partial charge is 0.254 e. The zero-order chi connectivity index (χ0) is 22.6. The number of nitrogens with zero attached hydrogens (tertiary/aromatic N) is 4. The summed E-state index contributed by atoms with van der Waals surface area (Å²) in [6, 6.07) is 17.2. The third kappa shape index (κ3) is 4.67. The fourth-order valence-corrected chi connectivity index (χ4v) is 5.36. The van der Waals surface area contributed by atoms with E-state index in [1.165, 1.54) is 12.7 Å². The second-order valence-corrected chi connectivity index (χ2v) is 9.07. The zero-order valence-corrected chi connectivity index (χ0v) is 18.6.